The summed E-state index contributed by atoms with van der Waals surface area (Å²) in [5.41, 5.74) is 2.36. The van der Waals surface area contributed by atoms with Crippen LogP contribution >= 0.6 is 0 Å². The van der Waals surface area contributed by atoms with Gasteiger partial charge in [0.2, 0.25) is 5.91 Å². The van der Waals surface area contributed by atoms with Crippen LogP contribution in [-0.2, 0) is 11.2 Å². The Balaban J connectivity index is 1.74. The number of rotatable bonds is 7. The molecule has 1 amide bonds. The van der Waals surface area contributed by atoms with Gasteiger partial charge in [-0.05, 0) is 37.6 Å². The lowest BCUT2D eigenvalue weighted by Crippen LogP contribution is -2.24. The van der Waals surface area contributed by atoms with Crippen molar-refractivity contribution < 1.29 is 4.79 Å². The summed E-state index contributed by atoms with van der Waals surface area (Å²) < 4.78 is 0. The third-order valence-corrected chi connectivity index (χ3v) is 3.53. The van der Waals surface area contributed by atoms with E-state index in [0.717, 1.165) is 31.4 Å². The number of fused-ring (bicyclic) bond motifs is 1. The summed E-state index contributed by atoms with van der Waals surface area (Å²) in [6.07, 6.45) is 4.28. The highest BCUT2D eigenvalue weighted by atomic mass is 16.2. The van der Waals surface area contributed by atoms with E-state index >= 15 is 0 Å². The molecule has 2 aromatic rings. The normalized spacial score (nSPS) is 10.8. The van der Waals surface area contributed by atoms with Gasteiger partial charge >= 0.3 is 0 Å². The zero-order valence-corrected chi connectivity index (χ0v) is 12.8. The Bertz CT molecular complexity index is 590. The maximum atomic E-state index is 11.4. The molecule has 4 nitrogen and oxygen atoms in total. The van der Waals surface area contributed by atoms with Crippen LogP contribution in [0.25, 0.3) is 10.9 Å². The topological polar surface area (TPSA) is 45.2 Å². The van der Waals surface area contributed by atoms with Crippen LogP contribution in [0, 0.1) is 0 Å². The number of benzene rings is 1. The second-order valence-corrected chi connectivity index (χ2v) is 5.38. The Morgan fingerprint density at radius 2 is 2.00 bits per heavy atom. The summed E-state index contributed by atoms with van der Waals surface area (Å²) in [4.78, 5) is 17.5. The van der Waals surface area contributed by atoms with Crippen molar-refractivity contribution in [2.75, 3.05) is 27.2 Å². The maximum Gasteiger partial charge on any atom is 0.222 e. The molecule has 0 saturated heterocycles. The highest BCUT2D eigenvalue weighted by Crippen LogP contribution is 2.15. The van der Waals surface area contributed by atoms with E-state index in [4.69, 9.17) is 0 Å². The number of nitrogens with one attached hydrogen (secondary N) is 1. The van der Waals surface area contributed by atoms with Gasteiger partial charge < -0.3 is 10.2 Å². The predicted molar refractivity (Wildman–Crippen MR) is 86.2 cm³/mol. The highest BCUT2D eigenvalue weighted by molar-refractivity contribution is 5.81. The van der Waals surface area contributed by atoms with Gasteiger partial charge in [-0.2, -0.15) is 0 Å². The molecule has 0 bridgehead atoms. The lowest BCUT2D eigenvalue weighted by atomic mass is 10.1. The van der Waals surface area contributed by atoms with Crippen molar-refractivity contribution in [2.24, 2.45) is 0 Å². The summed E-state index contributed by atoms with van der Waals surface area (Å²) in [6, 6.07) is 10.4. The summed E-state index contributed by atoms with van der Waals surface area (Å²) in [6.45, 7) is 1.78. The molecule has 0 saturated carbocycles. The van der Waals surface area contributed by atoms with E-state index in [1.807, 2.05) is 12.3 Å². The lowest BCUT2D eigenvalue weighted by Gasteiger charge is -2.10. The molecule has 0 fully saturated rings. The number of carbonyl (C=O) groups is 1. The monoisotopic (exact) mass is 285 g/mol. The standard InChI is InChI=1S/C17H23N3O/c1-20(2)16(21)9-5-11-18-13-10-15-7-3-6-14-8-4-12-19-17(14)15/h3-4,6-8,12,18H,5,9-11,13H2,1-2H3. The molecule has 0 aliphatic rings. The largest absolute Gasteiger partial charge is 0.349 e. The first kappa shape index (κ1) is 15.4. The molecule has 0 atom stereocenters. The van der Waals surface area contributed by atoms with Gasteiger partial charge in [-0.15, -0.1) is 0 Å². The zero-order chi connectivity index (χ0) is 15.1. The van der Waals surface area contributed by atoms with Crippen LogP contribution in [-0.4, -0.2) is 43.0 Å². The molecule has 0 aliphatic heterocycles. The minimum Gasteiger partial charge on any atom is -0.349 e. The summed E-state index contributed by atoms with van der Waals surface area (Å²) in [7, 11) is 3.59. The fraction of sp³-hybridized carbons (Fsp3) is 0.412. The van der Waals surface area contributed by atoms with Crippen LogP contribution in [0.4, 0.5) is 0 Å². The fourth-order valence-corrected chi connectivity index (χ4v) is 2.31. The van der Waals surface area contributed by atoms with E-state index in [-0.39, 0.29) is 5.91 Å². The van der Waals surface area contributed by atoms with Crippen LogP contribution in [0.5, 0.6) is 0 Å². The fourth-order valence-electron chi connectivity index (χ4n) is 2.31. The van der Waals surface area contributed by atoms with E-state index in [2.05, 4.69) is 34.6 Å². The number of hydrogen-bond acceptors (Lipinski definition) is 3. The van der Waals surface area contributed by atoms with Gasteiger partial charge in [-0.3, -0.25) is 9.78 Å². The second kappa shape index (κ2) is 7.74. The molecular formula is C17H23N3O. The average Bonchev–Trinajstić information content (AvgIpc) is 2.50. The first-order valence-corrected chi connectivity index (χ1v) is 7.42. The highest BCUT2D eigenvalue weighted by Gasteiger charge is 2.03. The summed E-state index contributed by atoms with van der Waals surface area (Å²) >= 11 is 0. The first-order valence-electron chi connectivity index (χ1n) is 7.42. The van der Waals surface area contributed by atoms with Gasteiger partial charge in [0.1, 0.15) is 0 Å². The van der Waals surface area contributed by atoms with Crippen LogP contribution in [0.2, 0.25) is 0 Å². The number of aromatic nitrogens is 1. The number of pyridine rings is 1. The average molecular weight is 285 g/mol. The van der Waals surface area contributed by atoms with Crippen LogP contribution in [0.1, 0.15) is 18.4 Å². The molecule has 0 radical (unpaired) electrons. The number of hydrogen-bond donors (Lipinski definition) is 1. The Morgan fingerprint density at radius 1 is 1.19 bits per heavy atom. The van der Waals surface area contributed by atoms with Crippen molar-refractivity contribution in [3.05, 3.63) is 42.1 Å². The van der Waals surface area contributed by atoms with Crippen LogP contribution in [0.3, 0.4) is 0 Å². The molecule has 112 valence electrons. The second-order valence-electron chi connectivity index (χ2n) is 5.38. The Kier molecular flexibility index (Phi) is 5.69. The molecule has 0 unspecified atom stereocenters. The molecule has 2 rings (SSSR count). The van der Waals surface area contributed by atoms with Gasteiger partial charge in [-0.25, -0.2) is 0 Å². The van der Waals surface area contributed by atoms with E-state index in [0.29, 0.717) is 6.42 Å². The van der Waals surface area contributed by atoms with E-state index in [1.165, 1.54) is 10.9 Å². The van der Waals surface area contributed by atoms with Crippen LogP contribution < -0.4 is 5.32 Å². The molecule has 1 heterocycles. The Labute approximate surface area is 126 Å². The summed E-state index contributed by atoms with van der Waals surface area (Å²) in [5.74, 6) is 0.190. The summed E-state index contributed by atoms with van der Waals surface area (Å²) in [5, 5.41) is 4.58. The van der Waals surface area contributed by atoms with Crippen molar-refractivity contribution in [1.29, 1.82) is 0 Å². The zero-order valence-electron chi connectivity index (χ0n) is 12.8. The Morgan fingerprint density at radius 3 is 2.81 bits per heavy atom. The minimum atomic E-state index is 0.190. The molecule has 0 spiro atoms. The third kappa shape index (κ3) is 4.53. The lowest BCUT2D eigenvalue weighted by molar-refractivity contribution is -0.128. The molecule has 1 aromatic carbocycles. The van der Waals surface area contributed by atoms with Crippen molar-refractivity contribution in [3.8, 4) is 0 Å². The van der Waals surface area contributed by atoms with Crippen LogP contribution in [0.15, 0.2) is 36.5 Å². The third-order valence-electron chi connectivity index (χ3n) is 3.53. The predicted octanol–water partition coefficient (Wildman–Crippen LogP) is 2.24. The van der Waals surface area contributed by atoms with Gasteiger partial charge in [0.15, 0.2) is 0 Å². The minimum absolute atomic E-state index is 0.190. The maximum absolute atomic E-state index is 11.4. The first-order chi connectivity index (χ1) is 10.2. The van der Waals surface area contributed by atoms with Gasteiger partial charge in [0, 0.05) is 32.1 Å². The van der Waals surface area contributed by atoms with Crippen molar-refractivity contribution >= 4 is 16.8 Å². The Hall–Kier alpha value is -1.94. The van der Waals surface area contributed by atoms with E-state index in [9.17, 15) is 4.79 Å². The van der Waals surface area contributed by atoms with Crippen molar-refractivity contribution in [2.45, 2.75) is 19.3 Å². The quantitative estimate of drug-likeness (QED) is 0.794. The van der Waals surface area contributed by atoms with Crippen molar-refractivity contribution in [1.82, 2.24) is 15.2 Å². The smallest absolute Gasteiger partial charge is 0.222 e. The van der Waals surface area contributed by atoms with Gasteiger partial charge in [-0.1, -0.05) is 24.3 Å². The molecule has 21 heavy (non-hydrogen) atoms. The number of carbonyl (C=O) groups excluding carboxylic acids is 1. The number of nitrogens with zero attached hydrogens (tertiary/aromatic N) is 2. The van der Waals surface area contributed by atoms with Crippen molar-refractivity contribution in [3.63, 3.8) is 0 Å². The van der Waals surface area contributed by atoms with E-state index < -0.39 is 0 Å². The molecule has 1 N–H and O–H groups in total. The molecule has 4 heteroatoms. The number of para-hydroxylation sites is 1. The molecule has 1 aromatic heterocycles. The molecular weight excluding hydrogens is 262 g/mol. The van der Waals surface area contributed by atoms with E-state index in [1.54, 1.807) is 19.0 Å². The SMILES string of the molecule is CN(C)C(=O)CCCNCCc1cccc2cccnc12. The molecule has 0 aliphatic carbocycles. The van der Waals surface area contributed by atoms with Gasteiger partial charge in [0.05, 0.1) is 5.52 Å². The van der Waals surface area contributed by atoms with Gasteiger partial charge in [0.25, 0.3) is 0 Å². The number of amides is 1.